The maximum Gasteiger partial charge on any atom is 0.129 e. The summed E-state index contributed by atoms with van der Waals surface area (Å²) < 4.78 is 3.81. The molecule has 0 atom stereocenters. The van der Waals surface area contributed by atoms with Crippen LogP contribution >= 0.6 is 11.5 Å². The summed E-state index contributed by atoms with van der Waals surface area (Å²) in [5.74, 6) is 0. The Hall–Kier alpha value is -0.770. The van der Waals surface area contributed by atoms with E-state index in [4.69, 9.17) is 5.41 Å². The number of aromatic nitrogens is 2. The molecule has 0 aliphatic rings. The molecule has 1 rings (SSSR count). The van der Waals surface area contributed by atoms with Gasteiger partial charge in [0.2, 0.25) is 0 Å². The number of hydrogen-bond donors (Lipinski definition) is 1. The van der Waals surface area contributed by atoms with Crippen molar-refractivity contribution >= 4 is 17.2 Å². The molecule has 0 spiro atoms. The molecular formula is C5H7N3S. The van der Waals surface area contributed by atoms with Gasteiger partial charge in [0.25, 0.3) is 0 Å². The van der Waals surface area contributed by atoms with Crippen molar-refractivity contribution in [3.8, 4) is 0 Å². The monoisotopic (exact) mass is 141 g/mol. The molecule has 1 N–H and O–H groups in total. The van der Waals surface area contributed by atoms with Crippen LogP contribution in [0, 0.1) is 5.41 Å². The zero-order valence-corrected chi connectivity index (χ0v) is 5.90. The van der Waals surface area contributed by atoms with Crippen molar-refractivity contribution in [1.82, 2.24) is 9.36 Å². The lowest BCUT2D eigenvalue weighted by atomic mass is 10.3. The molecule has 1 heterocycles. The molecule has 0 saturated heterocycles. The standard InChI is InChI=1S/C5H7N3S/c1-4(6)2-5-7-3-8-9-5/h3,6H,2H2,1H3. The van der Waals surface area contributed by atoms with Gasteiger partial charge in [-0.3, -0.25) is 0 Å². The smallest absolute Gasteiger partial charge is 0.129 e. The molecule has 0 amide bonds. The summed E-state index contributed by atoms with van der Waals surface area (Å²) >= 11 is 1.35. The van der Waals surface area contributed by atoms with Gasteiger partial charge in [-0.25, -0.2) is 4.98 Å². The molecule has 4 heteroatoms. The van der Waals surface area contributed by atoms with Crippen LogP contribution in [0.15, 0.2) is 6.33 Å². The molecule has 1 aromatic heterocycles. The van der Waals surface area contributed by atoms with E-state index in [1.807, 2.05) is 0 Å². The fourth-order valence-corrected chi connectivity index (χ4v) is 1.09. The van der Waals surface area contributed by atoms with Crippen LogP contribution in [-0.2, 0) is 6.42 Å². The van der Waals surface area contributed by atoms with Crippen LogP contribution in [0.3, 0.4) is 0 Å². The Morgan fingerprint density at radius 3 is 3.11 bits per heavy atom. The van der Waals surface area contributed by atoms with E-state index >= 15 is 0 Å². The Labute approximate surface area is 57.4 Å². The van der Waals surface area contributed by atoms with E-state index in [0.717, 1.165) is 5.01 Å². The summed E-state index contributed by atoms with van der Waals surface area (Å²) in [4.78, 5) is 3.92. The van der Waals surface area contributed by atoms with Gasteiger partial charge in [-0.2, -0.15) is 4.37 Å². The minimum Gasteiger partial charge on any atom is -0.310 e. The van der Waals surface area contributed by atoms with E-state index in [0.29, 0.717) is 12.1 Å². The Balaban J connectivity index is 2.58. The van der Waals surface area contributed by atoms with Crippen LogP contribution in [0.2, 0.25) is 0 Å². The number of hydrogen-bond acceptors (Lipinski definition) is 4. The van der Waals surface area contributed by atoms with Gasteiger partial charge in [0.05, 0.1) is 0 Å². The molecule has 48 valence electrons. The zero-order valence-electron chi connectivity index (χ0n) is 5.09. The summed E-state index contributed by atoms with van der Waals surface area (Å²) in [6, 6.07) is 0. The predicted octanol–water partition coefficient (Wildman–Crippen LogP) is 1.12. The van der Waals surface area contributed by atoms with Crippen molar-refractivity contribution in [3.63, 3.8) is 0 Å². The minimum atomic E-state index is 0.631. The van der Waals surface area contributed by atoms with Crippen molar-refractivity contribution in [2.24, 2.45) is 0 Å². The first-order valence-electron chi connectivity index (χ1n) is 2.58. The molecule has 0 radical (unpaired) electrons. The molecule has 3 nitrogen and oxygen atoms in total. The number of nitrogens with zero attached hydrogens (tertiary/aromatic N) is 2. The summed E-state index contributed by atoms with van der Waals surface area (Å²) in [7, 11) is 0. The first-order valence-corrected chi connectivity index (χ1v) is 3.36. The zero-order chi connectivity index (χ0) is 6.69. The lowest BCUT2D eigenvalue weighted by molar-refractivity contribution is 1.18. The molecule has 0 unspecified atom stereocenters. The van der Waals surface area contributed by atoms with Crippen molar-refractivity contribution < 1.29 is 0 Å². The first kappa shape index (κ1) is 6.35. The second kappa shape index (κ2) is 2.68. The van der Waals surface area contributed by atoms with Gasteiger partial charge in [0, 0.05) is 12.1 Å². The second-order valence-corrected chi connectivity index (χ2v) is 2.66. The predicted molar refractivity (Wildman–Crippen MR) is 37.0 cm³/mol. The van der Waals surface area contributed by atoms with Crippen LogP contribution < -0.4 is 0 Å². The van der Waals surface area contributed by atoms with E-state index in [9.17, 15) is 0 Å². The summed E-state index contributed by atoms with van der Waals surface area (Å²) in [5.41, 5.74) is 0.631. The largest absolute Gasteiger partial charge is 0.310 e. The summed E-state index contributed by atoms with van der Waals surface area (Å²) in [6.07, 6.45) is 2.16. The lowest BCUT2D eigenvalue weighted by Crippen LogP contribution is -1.93. The molecule has 0 aromatic carbocycles. The normalized spacial score (nSPS) is 9.44. The van der Waals surface area contributed by atoms with Crippen LogP contribution in [-0.4, -0.2) is 15.1 Å². The van der Waals surface area contributed by atoms with E-state index in [2.05, 4.69) is 9.36 Å². The highest BCUT2D eigenvalue weighted by atomic mass is 32.1. The summed E-state index contributed by atoms with van der Waals surface area (Å²) in [5, 5.41) is 8.03. The molecular weight excluding hydrogens is 134 g/mol. The molecule has 1 aromatic rings. The number of rotatable bonds is 2. The van der Waals surface area contributed by atoms with Crippen LogP contribution in [0.5, 0.6) is 0 Å². The van der Waals surface area contributed by atoms with Crippen molar-refractivity contribution in [3.05, 3.63) is 11.3 Å². The Kier molecular flexibility index (Phi) is 1.89. The van der Waals surface area contributed by atoms with E-state index in [1.54, 1.807) is 6.92 Å². The van der Waals surface area contributed by atoms with Gasteiger partial charge in [-0.05, 0) is 18.5 Å². The Morgan fingerprint density at radius 1 is 1.89 bits per heavy atom. The Morgan fingerprint density at radius 2 is 2.67 bits per heavy atom. The molecule has 0 aliphatic heterocycles. The van der Waals surface area contributed by atoms with Gasteiger partial charge >= 0.3 is 0 Å². The minimum absolute atomic E-state index is 0.631. The highest BCUT2D eigenvalue weighted by Crippen LogP contribution is 2.00. The molecule has 0 bridgehead atoms. The van der Waals surface area contributed by atoms with Gasteiger partial charge in [0.15, 0.2) is 0 Å². The van der Waals surface area contributed by atoms with Gasteiger partial charge in [-0.15, -0.1) is 0 Å². The number of nitrogens with one attached hydrogen (secondary N) is 1. The van der Waals surface area contributed by atoms with Crippen molar-refractivity contribution in [2.45, 2.75) is 13.3 Å². The van der Waals surface area contributed by atoms with E-state index in [-0.39, 0.29) is 0 Å². The summed E-state index contributed by atoms with van der Waals surface area (Å²) in [6.45, 7) is 1.77. The van der Waals surface area contributed by atoms with Gasteiger partial charge < -0.3 is 5.41 Å². The molecule has 9 heavy (non-hydrogen) atoms. The quantitative estimate of drug-likeness (QED) is 0.627. The highest BCUT2D eigenvalue weighted by molar-refractivity contribution is 7.05. The lowest BCUT2D eigenvalue weighted by Gasteiger charge is -1.87. The van der Waals surface area contributed by atoms with Gasteiger partial charge in [0.1, 0.15) is 11.3 Å². The first-order chi connectivity index (χ1) is 4.29. The van der Waals surface area contributed by atoms with Crippen LogP contribution in [0.25, 0.3) is 0 Å². The van der Waals surface area contributed by atoms with Crippen molar-refractivity contribution in [2.75, 3.05) is 0 Å². The third-order valence-electron chi connectivity index (χ3n) is 0.823. The SMILES string of the molecule is CC(=N)Cc1ncns1. The van der Waals surface area contributed by atoms with E-state index in [1.165, 1.54) is 17.9 Å². The topological polar surface area (TPSA) is 49.6 Å². The van der Waals surface area contributed by atoms with Gasteiger partial charge in [-0.1, -0.05) is 0 Å². The van der Waals surface area contributed by atoms with Crippen LogP contribution in [0.1, 0.15) is 11.9 Å². The average molecular weight is 141 g/mol. The third kappa shape index (κ3) is 1.89. The second-order valence-electron chi connectivity index (χ2n) is 1.79. The third-order valence-corrected chi connectivity index (χ3v) is 1.48. The van der Waals surface area contributed by atoms with Crippen molar-refractivity contribution in [1.29, 1.82) is 5.41 Å². The maximum atomic E-state index is 7.11. The fourth-order valence-electron chi connectivity index (χ4n) is 0.501. The van der Waals surface area contributed by atoms with Crippen LogP contribution in [0.4, 0.5) is 0 Å². The molecule has 0 fully saturated rings. The fraction of sp³-hybridized carbons (Fsp3) is 0.400. The highest BCUT2D eigenvalue weighted by Gasteiger charge is 1.95. The maximum absolute atomic E-state index is 7.11. The Bertz CT molecular complexity index is 192. The molecule has 0 aliphatic carbocycles. The van der Waals surface area contributed by atoms with E-state index < -0.39 is 0 Å². The average Bonchev–Trinajstić information content (AvgIpc) is 2.15. The molecule has 0 saturated carbocycles.